The Hall–Kier alpha value is -1.49. The van der Waals surface area contributed by atoms with Gasteiger partial charge in [-0.3, -0.25) is 4.79 Å². The largest absolute Gasteiger partial charge is 0.394 e. The maximum Gasteiger partial charge on any atom is 0.217 e. The summed E-state index contributed by atoms with van der Waals surface area (Å²) >= 11 is 0. The predicted octanol–water partition coefficient (Wildman–Crippen LogP) is 1.13. The van der Waals surface area contributed by atoms with Crippen LogP contribution < -0.4 is 5.32 Å². The molecule has 15 heavy (non-hydrogen) atoms. The fourth-order valence-corrected chi connectivity index (χ4v) is 1.25. The zero-order chi connectivity index (χ0) is 11.4. The molecule has 0 saturated carbocycles. The number of halogens is 2. The van der Waals surface area contributed by atoms with Crippen LogP contribution in [0.1, 0.15) is 18.5 Å². The molecular weight excluding hydrogens is 204 g/mol. The van der Waals surface area contributed by atoms with E-state index >= 15 is 0 Å². The van der Waals surface area contributed by atoms with Crippen LogP contribution in [-0.2, 0) is 4.79 Å². The molecular formula is C10H11F2NO2. The third-order valence-electron chi connectivity index (χ3n) is 1.89. The lowest BCUT2D eigenvalue weighted by Crippen LogP contribution is -2.29. The number of aliphatic hydroxyl groups is 1. The van der Waals surface area contributed by atoms with Crippen LogP contribution >= 0.6 is 0 Å². The molecule has 3 nitrogen and oxygen atoms in total. The van der Waals surface area contributed by atoms with Crippen LogP contribution in [0, 0.1) is 11.6 Å². The van der Waals surface area contributed by atoms with Crippen molar-refractivity contribution in [2.45, 2.75) is 13.0 Å². The Balaban J connectivity index is 3.00. The highest BCUT2D eigenvalue weighted by Crippen LogP contribution is 2.17. The van der Waals surface area contributed by atoms with E-state index in [1.165, 1.54) is 6.92 Å². The van der Waals surface area contributed by atoms with Gasteiger partial charge in [-0.1, -0.05) is 0 Å². The smallest absolute Gasteiger partial charge is 0.217 e. The van der Waals surface area contributed by atoms with Crippen molar-refractivity contribution in [3.05, 3.63) is 35.4 Å². The quantitative estimate of drug-likeness (QED) is 0.794. The fourth-order valence-electron chi connectivity index (χ4n) is 1.25. The van der Waals surface area contributed by atoms with Gasteiger partial charge in [-0.25, -0.2) is 8.78 Å². The highest BCUT2D eigenvalue weighted by Gasteiger charge is 2.16. The van der Waals surface area contributed by atoms with Gasteiger partial charge in [0.1, 0.15) is 11.6 Å². The molecule has 0 spiro atoms. The number of nitrogens with one attached hydrogen (secondary N) is 1. The molecule has 0 fully saturated rings. The van der Waals surface area contributed by atoms with Crippen LogP contribution in [-0.4, -0.2) is 17.6 Å². The summed E-state index contributed by atoms with van der Waals surface area (Å²) in [6, 6.07) is 1.96. The van der Waals surface area contributed by atoms with Crippen LogP contribution in [0.5, 0.6) is 0 Å². The van der Waals surface area contributed by atoms with E-state index in [-0.39, 0.29) is 5.56 Å². The van der Waals surface area contributed by atoms with Crippen molar-refractivity contribution >= 4 is 5.91 Å². The molecule has 82 valence electrons. The van der Waals surface area contributed by atoms with Gasteiger partial charge < -0.3 is 10.4 Å². The first kappa shape index (κ1) is 11.6. The van der Waals surface area contributed by atoms with Crippen molar-refractivity contribution in [3.63, 3.8) is 0 Å². The van der Waals surface area contributed by atoms with Crippen molar-refractivity contribution < 1.29 is 18.7 Å². The minimum absolute atomic E-state index is 0.0623. The summed E-state index contributed by atoms with van der Waals surface area (Å²) in [4.78, 5) is 10.7. The number of hydrogen-bond donors (Lipinski definition) is 2. The molecule has 0 aliphatic rings. The summed E-state index contributed by atoms with van der Waals surface area (Å²) in [5, 5.41) is 11.3. The van der Waals surface area contributed by atoms with Gasteiger partial charge in [-0.2, -0.15) is 0 Å². The second-order valence-electron chi connectivity index (χ2n) is 3.10. The number of aliphatic hydroxyl groups excluding tert-OH is 1. The van der Waals surface area contributed by atoms with E-state index in [0.717, 1.165) is 18.2 Å². The second-order valence-corrected chi connectivity index (χ2v) is 3.10. The van der Waals surface area contributed by atoms with Crippen molar-refractivity contribution in [2.75, 3.05) is 6.61 Å². The van der Waals surface area contributed by atoms with Crippen LogP contribution in [0.3, 0.4) is 0 Å². The Morgan fingerprint density at radius 3 is 2.73 bits per heavy atom. The molecule has 1 rings (SSSR count). The Morgan fingerprint density at radius 2 is 2.20 bits per heavy atom. The summed E-state index contributed by atoms with van der Waals surface area (Å²) < 4.78 is 26.0. The van der Waals surface area contributed by atoms with E-state index in [1.54, 1.807) is 0 Å². The third kappa shape index (κ3) is 2.99. The number of hydrogen-bond acceptors (Lipinski definition) is 2. The average Bonchev–Trinajstić information content (AvgIpc) is 2.18. The summed E-state index contributed by atoms with van der Waals surface area (Å²) in [5.74, 6) is -1.70. The van der Waals surface area contributed by atoms with E-state index in [0.29, 0.717) is 0 Å². The summed E-state index contributed by atoms with van der Waals surface area (Å²) in [5.41, 5.74) is -0.0623. The van der Waals surface area contributed by atoms with Gasteiger partial charge in [-0.15, -0.1) is 0 Å². The van der Waals surface area contributed by atoms with Gasteiger partial charge in [0.25, 0.3) is 0 Å². The van der Waals surface area contributed by atoms with Crippen molar-refractivity contribution in [2.24, 2.45) is 0 Å². The SMILES string of the molecule is CC(=O)NC(CO)c1cc(F)ccc1F. The molecule has 0 bridgehead atoms. The standard InChI is InChI=1S/C10H11F2NO2/c1-6(15)13-10(5-14)8-4-7(11)2-3-9(8)12/h2-4,10,14H,5H2,1H3,(H,13,15). The summed E-state index contributed by atoms with van der Waals surface area (Å²) in [6.07, 6.45) is 0. The molecule has 0 aliphatic heterocycles. The maximum absolute atomic E-state index is 13.2. The van der Waals surface area contributed by atoms with E-state index < -0.39 is 30.2 Å². The predicted molar refractivity (Wildman–Crippen MR) is 50.0 cm³/mol. The summed E-state index contributed by atoms with van der Waals surface area (Å²) in [6.45, 7) is 0.750. The van der Waals surface area contributed by atoms with E-state index in [2.05, 4.69) is 5.32 Å². The van der Waals surface area contributed by atoms with Gasteiger partial charge in [0.15, 0.2) is 0 Å². The third-order valence-corrected chi connectivity index (χ3v) is 1.89. The minimum Gasteiger partial charge on any atom is -0.394 e. The molecule has 0 radical (unpaired) electrons. The lowest BCUT2D eigenvalue weighted by Gasteiger charge is -2.16. The molecule has 0 heterocycles. The first-order valence-corrected chi connectivity index (χ1v) is 4.37. The van der Waals surface area contributed by atoms with E-state index in [4.69, 9.17) is 5.11 Å². The lowest BCUT2D eigenvalue weighted by atomic mass is 10.1. The van der Waals surface area contributed by atoms with E-state index in [9.17, 15) is 13.6 Å². The van der Waals surface area contributed by atoms with Crippen molar-refractivity contribution in [1.82, 2.24) is 5.32 Å². The number of benzene rings is 1. The van der Waals surface area contributed by atoms with Crippen LogP contribution in [0.25, 0.3) is 0 Å². The molecule has 0 aliphatic carbocycles. The van der Waals surface area contributed by atoms with Crippen molar-refractivity contribution in [3.8, 4) is 0 Å². The fraction of sp³-hybridized carbons (Fsp3) is 0.300. The molecule has 1 aromatic carbocycles. The molecule has 1 aromatic rings. The lowest BCUT2D eigenvalue weighted by molar-refractivity contribution is -0.120. The maximum atomic E-state index is 13.2. The van der Waals surface area contributed by atoms with E-state index in [1.807, 2.05) is 0 Å². The van der Waals surface area contributed by atoms with Gasteiger partial charge in [-0.05, 0) is 18.2 Å². The Morgan fingerprint density at radius 1 is 1.53 bits per heavy atom. The average molecular weight is 215 g/mol. The first-order valence-electron chi connectivity index (χ1n) is 4.37. The monoisotopic (exact) mass is 215 g/mol. The van der Waals surface area contributed by atoms with Crippen LogP contribution in [0.4, 0.5) is 8.78 Å². The Bertz CT molecular complexity index is 368. The number of rotatable bonds is 3. The summed E-state index contributed by atoms with van der Waals surface area (Å²) in [7, 11) is 0. The molecule has 0 saturated heterocycles. The van der Waals surface area contributed by atoms with Crippen molar-refractivity contribution in [1.29, 1.82) is 0 Å². The molecule has 1 amide bonds. The van der Waals surface area contributed by atoms with Gasteiger partial charge in [0.2, 0.25) is 5.91 Å². The molecule has 1 unspecified atom stereocenters. The first-order chi connectivity index (χ1) is 7.04. The number of carbonyl (C=O) groups is 1. The Labute approximate surface area is 85.7 Å². The highest BCUT2D eigenvalue weighted by atomic mass is 19.1. The van der Waals surface area contributed by atoms with Gasteiger partial charge in [0.05, 0.1) is 12.6 Å². The molecule has 2 N–H and O–H groups in total. The second kappa shape index (κ2) is 4.84. The highest BCUT2D eigenvalue weighted by molar-refractivity contribution is 5.73. The molecule has 5 heteroatoms. The topological polar surface area (TPSA) is 49.3 Å². The Kier molecular flexibility index (Phi) is 3.74. The molecule has 0 aromatic heterocycles. The molecule has 1 atom stereocenters. The van der Waals surface area contributed by atoms with Crippen LogP contribution in [0.15, 0.2) is 18.2 Å². The number of amides is 1. The van der Waals surface area contributed by atoms with Gasteiger partial charge in [0, 0.05) is 12.5 Å². The zero-order valence-electron chi connectivity index (χ0n) is 8.13. The van der Waals surface area contributed by atoms with Crippen LogP contribution in [0.2, 0.25) is 0 Å². The van der Waals surface area contributed by atoms with Gasteiger partial charge >= 0.3 is 0 Å². The number of carbonyl (C=O) groups excluding carboxylic acids is 1. The zero-order valence-corrected chi connectivity index (χ0v) is 8.13. The normalized spacial score (nSPS) is 12.3. The minimum atomic E-state index is -0.918.